The molecule has 0 aliphatic heterocycles. The van der Waals surface area contributed by atoms with Crippen LogP contribution in [-0.2, 0) is 16.2 Å². The lowest BCUT2D eigenvalue weighted by atomic mass is 9.68. The van der Waals surface area contributed by atoms with Gasteiger partial charge in [0.1, 0.15) is 0 Å². The third-order valence-corrected chi connectivity index (χ3v) is 16.3. The first-order valence-corrected chi connectivity index (χ1v) is 26.5. The summed E-state index contributed by atoms with van der Waals surface area (Å²) in [5, 5.41) is 2.57. The van der Waals surface area contributed by atoms with Crippen LogP contribution in [0.25, 0.3) is 60.9 Å². The highest BCUT2D eigenvalue weighted by Gasteiger charge is 2.53. The molecule has 0 fully saturated rings. The molecule has 10 aromatic rings. The number of benzene rings is 10. The van der Waals surface area contributed by atoms with E-state index in [4.69, 9.17) is 0 Å². The number of nitrogens with zero attached hydrogens (tertiary/aromatic N) is 1. The summed E-state index contributed by atoms with van der Waals surface area (Å²) in [5.74, 6) is 0.282. The summed E-state index contributed by atoms with van der Waals surface area (Å²) < 4.78 is 0. The number of hydrogen-bond acceptors (Lipinski definition) is 1. The first-order valence-electron chi connectivity index (χ1n) is 26.5. The van der Waals surface area contributed by atoms with Crippen LogP contribution in [0.3, 0.4) is 0 Å². The maximum atomic E-state index is 2.57. The standard InChI is InChI=1S/C73H61N/c1-71(2,3)57-33-39-63-64-40-34-58(72(4,5)6)46-68(64)73(67(63)45-57)66-44-56(54-25-17-24-53(43-54)55-29-28-49-20-13-14-23-52(49)42-55)32-38-62(66)65-41-37-60(47-69(65)73)74(59-35-30-50(31-36-59)48-18-9-7-10-19-48)70-27-16-15-26-61(70)51-21-11-8-12-22-51/h7-23,25-47,53H,24H2,1-6H3. The molecule has 1 nitrogen and oxygen atoms in total. The largest absolute Gasteiger partial charge is 0.310 e. The van der Waals surface area contributed by atoms with Crippen LogP contribution in [0.5, 0.6) is 0 Å². The van der Waals surface area contributed by atoms with Gasteiger partial charge >= 0.3 is 0 Å². The van der Waals surface area contributed by atoms with E-state index < -0.39 is 5.41 Å². The molecule has 3 aliphatic carbocycles. The van der Waals surface area contributed by atoms with Gasteiger partial charge in [0.05, 0.1) is 11.1 Å². The highest BCUT2D eigenvalue weighted by Crippen LogP contribution is 2.64. The minimum Gasteiger partial charge on any atom is -0.310 e. The molecule has 3 aliphatic rings. The topological polar surface area (TPSA) is 3.24 Å². The molecule has 0 saturated carbocycles. The van der Waals surface area contributed by atoms with Crippen LogP contribution < -0.4 is 4.90 Å². The van der Waals surface area contributed by atoms with Gasteiger partial charge in [0.15, 0.2) is 0 Å². The van der Waals surface area contributed by atoms with Crippen LogP contribution in [0, 0.1) is 0 Å². The molecule has 13 rings (SSSR count). The van der Waals surface area contributed by atoms with Crippen LogP contribution in [0.1, 0.15) is 98.4 Å². The van der Waals surface area contributed by atoms with Crippen molar-refractivity contribution < 1.29 is 0 Å². The Bertz CT molecular complexity index is 3810. The molecule has 0 aromatic heterocycles. The lowest BCUT2D eigenvalue weighted by Gasteiger charge is -2.34. The maximum Gasteiger partial charge on any atom is 0.0726 e. The Kier molecular flexibility index (Phi) is 10.8. The Hall–Kier alpha value is -8.26. The van der Waals surface area contributed by atoms with E-state index in [1.165, 1.54) is 105 Å². The van der Waals surface area contributed by atoms with E-state index in [-0.39, 0.29) is 16.7 Å². The zero-order chi connectivity index (χ0) is 50.3. The molecule has 0 radical (unpaired) electrons. The van der Waals surface area contributed by atoms with Gasteiger partial charge in [0.2, 0.25) is 0 Å². The van der Waals surface area contributed by atoms with Gasteiger partial charge in [-0.2, -0.15) is 0 Å². The van der Waals surface area contributed by atoms with E-state index in [1.807, 2.05) is 0 Å². The number of rotatable bonds is 7. The molecule has 1 spiro atoms. The fraction of sp³-hybridized carbons (Fsp3) is 0.151. The third kappa shape index (κ3) is 7.51. The van der Waals surface area contributed by atoms with Crippen molar-refractivity contribution in [2.24, 2.45) is 0 Å². The van der Waals surface area contributed by atoms with Gasteiger partial charge in [-0.05, 0) is 153 Å². The summed E-state index contributed by atoms with van der Waals surface area (Å²) in [7, 11) is 0. The van der Waals surface area contributed by atoms with Crippen LogP contribution in [0.4, 0.5) is 17.1 Å². The molecular weight excluding hydrogens is 891 g/mol. The fourth-order valence-corrected chi connectivity index (χ4v) is 12.4. The monoisotopic (exact) mass is 951 g/mol. The fourth-order valence-electron chi connectivity index (χ4n) is 12.4. The first kappa shape index (κ1) is 45.6. The first-order chi connectivity index (χ1) is 35.9. The molecular formula is C73H61N. The van der Waals surface area contributed by atoms with E-state index in [0.717, 1.165) is 23.5 Å². The second-order valence-electron chi connectivity index (χ2n) is 22.9. The van der Waals surface area contributed by atoms with Gasteiger partial charge in [-0.15, -0.1) is 0 Å². The predicted octanol–water partition coefficient (Wildman–Crippen LogP) is 19.7. The number of anilines is 3. The molecule has 1 heteroatoms. The Morgan fingerprint density at radius 3 is 1.57 bits per heavy atom. The molecule has 358 valence electrons. The highest BCUT2D eigenvalue weighted by atomic mass is 15.1. The normalized spacial score (nSPS) is 15.1. The van der Waals surface area contributed by atoms with Gasteiger partial charge in [0, 0.05) is 22.9 Å². The lowest BCUT2D eigenvalue weighted by molar-refractivity contribution is 0.586. The average Bonchev–Trinajstić information content (AvgIpc) is 3.92. The van der Waals surface area contributed by atoms with Gasteiger partial charge in [0.25, 0.3) is 0 Å². The van der Waals surface area contributed by atoms with E-state index in [0.29, 0.717) is 0 Å². The van der Waals surface area contributed by atoms with E-state index >= 15 is 0 Å². The zero-order valence-electron chi connectivity index (χ0n) is 43.3. The zero-order valence-corrected chi connectivity index (χ0v) is 43.3. The lowest BCUT2D eigenvalue weighted by Crippen LogP contribution is -2.28. The SMILES string of the molecule is CC(C)(C)c1ccc2c(c1)C1(c3cc(C4=CC(c5ccc6ccccc6c5)CC=C4)ccc3-c3ccc(N(c4ccc(-c5ccccc5)cc4)c4ccccc4-c4ccccc4)cc31)c1cc(C(C)(C)C)ccc1-2. The Morgan fingerprint density at radius 2 is 0.905 bits per heavy atom. The molecule has 1 atom stereocenters. The molecule has 0 amide bonds. The predicted molar refractivity (Wildman–Crippen MR) is 314 cm³/mol. The number of fused-ring (bicyclic) bond motifs is 11. The summed E-state index contributed by atoms with van der Waals surface area (Å²) in [6.07, 6.45) is 8.26. The number of hydrogen-bond donors (Lipinski definition) is 0. The van der Waals surface area contributed by atoms with Gasteiger partial charge in [-0.3, -0.25) is 0 Å². The minimum absolute atomic E-state index is 0.0606. The van der Waals surface area contributed by atoms with Crippen molar-refractivity contribution in [3.05, 3.63) is 287 Å². The third-order valence-electron chi connectivity index (χ3n) is 16.3. The summed E-state index contributed by atoms with van der Waals surface area (Å²) in [6.45, 7) is 14.1. The van der Waals surface area contributed by atoms with Crippen LogP contribution in [0.2, 0.25) is 0 Å². The Morgan fingerprint density at radius 1 is 0.392 bits per heavy atom. The smallest absolute Gasteiger partial charge is 0.0726 e. The van der Waals surface area contributed by atoms with Crippen molar-refractivity contribution in [3.8, 4) is 44.5 Å². The van der Waals surface area contributed by atoms with Gasteiger partial charge < -0.3 is 4.90 Å². The van der Waals surface area contributed by atoms with E-state index in [2.05, 4.69) is 289 Å². The van der Waals surface area contributed by atoms with Crippen molar-refractivity contribution in [1.29, 1.82) is 0 Å². The van der Waals surface area contributed by atoms with E-state index in [1.54, 1.807) is 0 Å². The second kappa shape index (κ2) is 17.5. The van der Waals surface area contributed by atoms with Gasteiger partial charge in [-0.25, -0.2) is 0 Å². The minimum atomic E-state index is -0.609. The summed E-state index contributed by atoms with van der Waals surface area (Å²) >= 11 is 0. The summed E-state index contributed by atoms with van der Waals surface area (Å²) in [6, 6.07) is 84.9. The van der Waals surface area contributed by atoms with Crippen LogP contribution in [0.15, 0.2) is 243 Å². The highest BCUT2D eigenvalue weighted by molar-refractivity contribution is 5.98. The van der Waals surface area contributed by atoms with E-state index in [9.17, 15) is 0 Å². The Balaban J connectivity index is 1.06. The van der Waals surface area contributed by atoms with Crippen molar-refractivity contribution >= 4 is 33.4 Å². The molecule has 1 unspecified atom stereocenters. The van der Waals surface area contributed by atoms with Gasteiger partial charge in [-0.1, -0.05) is 248 Å². The Labute approximate surface area is 437 Å². The van der Waals surface area contributed by atoms with Crippen molar-refractivity contribution in [2.75, 3.05) is 4.90 Å². The molecule has 0 bridgehead atoms. The molecule has 0 N–H and O–H groups in total. The molecule has 10 aromatic carbocycles. The quantitative estimate of drug-likeness (QED) is 0.154. The van der Waals surface area contributed by atoms with Crippen molar-refractivity contribution in [1.82, 2.24) is 0 Å². The van der Waals surface area contributed by atoms with Crippen molar-refractivity contribution in [3.63, 3.8) is 0 Å². The summed E-state index contributed by atoms with van der Waals surface area (Å²) in [4.78, 5) is 2.50. The number of para-hydroxylation sites is 1. The number of allylic oxidation sites excluding steroid dienone is 4. The molecule has 74 heavy (non-hydrogen) atoms. The van der Waals surface area contributed by atoms with Crippen LogP contribution in [-0.4, -0.2) is 0 Å². The van der Waals surface area contributed by atoms with Crippen molar-refractivity contribution in [2.45, 2.75) is 70.1 Å². The van der Waals surface area contributed by atoms with Crippen LogP contribution >= 0.6 is 0 Å². The second-order valence-corrected chi connectivity index (χ2v) is 22.9. The molecule has 0 saturated heterocycles. The average molecular weight is 952 g/mol. The maximum absolute atomic E-state index is 2.57. The molecule has 0 heterocycles. The summed E-state index contributed by atoms with van der Waals surface area (Å²) in [5.41, 5.74) is 24.6.